The van der Waals surface area contributed by atoms with Gasteiger partial charge in [-0.3, -0.25) is 0 Å². The second-order valence-corrected chi connectivity index (χ2v) is 10.3. The van der Waals surface area contributed by atoms with Crippen molar-refractivity contribution < 1.29 is 0 Å². The average molecular weight is 358 g/mol. The van der Waals surface area contributed by atoms with Gasteiger partial charge in [0.25, 0.3) is 0 Å². The summed E-state index contributed by atoms with van der Waals surface area (Å²) in [6.45, 7) is 4.59. The third-order valence-electron chi connectivity index (χ3n) is 8.60. The van der Waals surface area contributed by atoms with E-state index in [4.69, 9.17) is 0 Å². The van der Waals surface area contributed by atoms with Gasteiger partial charge < -0.3 is 0 Å². The summed E-state index contributed by atoms with van der Waals surface area (Å²) in [4.78, 5) is 0. The van der Waals surface area contributed by atoms with Crippen LogP contribution in [0.5, 0.6) is 0 Å². The summed E-state index contributed by atoms with van der Waals surface area (Å²) in [5.74, 6) is 4.93. The lowest BCUT2D eigenvalue weighted by atomic mass is 9.57. The third kappa shape index (κ3) is 4.85. The topological polar surface area (TPSA) is 23.8 Å². The van der Waals surface area contributed by atoms with Crippen LogP contribution in [0.2, 0.25) is 0 Å². The molecule has 0 N–H and O–H groups in total. The second kappa shape index (κ2) is 9.61. The van der Waals surface area contributed by atoms with Gasteiger partial charge in [0.05, 0.1) is 11.5 Å². The minimum atomic E-state index is 0.0430. The lowest BCUT2D eigenvalue weighted by Crippen LogP contribution is -2.38. The summed E-state index contributed by atoms with van der Waals surface area (Å²) < 4.78 is 0. The number of unbranched alkanes of at least 4 members (excludes halogenated alkanes) is 2. The van der Waals surface area contributed by atoms with Gasteiger partial charge in [0.1, 0.15) is 0 Å². The molecule has 4 atom stereocenters. The van der Waals surface area contributed by atoms with E-state index in [9.17, 15) is 5.26 Å². The molecule has 3 saturated carbocycles. The fraction of sp³-hybridized carbons (Fsp3) is 0.960. The van der Waals surface area contributed by atoms with Crippen LogP contribution < -0.4 is 0 Å². The van der Waals surface area contributed by atoms with Gasteiger partial charge in [-0.2, -0.15) is 5.26 Å². The molecule has 0 aliphatic heterocycles. The highest BCUT2D eigenvalue weighted by molar-refractivity contribution is 5.04. The van der Waals surface area contributed by atoms with Gasteiger partial charge in [-0.25, -0.2) is 0 Å². The van der Waals surface area contributed by atoms with Crippen LogP contribution in [0.15, 0.2) is 0 Å². The maximum Gasteiger partial charge on any atom is 0.0689 e. The molecule has 0 bridgehead atoms. The van der Waals surface area contributed by atoms with Gasteiger partial charge in [-0.1, -0.05) is 58.8 Å². The predicted molar refractivity (Wildman–Crippen MR) is 111 cm³/mol. The lowest BCUT2D eigenvalue weighted by molar-refractivity contribution is 0.0379. The Hall–Kier alpha value is -0.510. The molecule has 4 unspecified atom stereocenters. The van der Waals surface area contributed by atoms with E-state index < -0.39 is 0 Å². The van der Waals surface area contributed by atoms with E-state index in [0.29, 0.717) is 0 Å². The van der Waals surface area contributed by atoms with Crippen LogP contribution in [-0.4, -0.2) is 0 Å². The highest BCUT2D eigenvalue weighted by Crippen LogP contribution is 2.53. The molecule has 3 aliphatic carbocycles. The molecule has 0 heterocycles. The van der Waals surface area contributed by atoms with Crippen molar-refractivity contribution in [1.29, 1.82) is 5.26 Å². The average Bonchev–Trinajstić information content (AvgIpc) is 2.70. The highest BCUT2D eigenvalue weighted by atomic mass is 14.5. The van der Waals surface area contributed by atoms with Gasteiger partial charge >= 0.3 is 0 Å². The molecule has 0 spiro atoms. The molecule has 0 radical (unpaired) electrons. The number of nitrogens with zero attached hydrogens (tertiary/aromatic N) is 1. The fourth-order valence-electron chi connectivity index (χ4n) is 6.82. The van der Waals surface area contributed by atoms with Crippen molar-refractivity contribution in [1.82, 2.24) is 0 Å². The Morgan fingerprint density at radius 2 is 1.46 bits per heavy atom. The smallest absolute Gasteiger partial charge is 0.0689 e. The van der Waals surface area contributed by atoms with Gasteiger partial charge in [0, 0.05) is 0 Å². The van der Waals surface area contributed by atoms with Crippen LogP contribution in [0.3, 0.4) is 0 Å². The molecule has 0 aromatic heterocycles. The van der Waals surface area contributed by atoms with Crippen LogP contribution in [0, 0.1) is 46.3 Å². The normalized spacial score (nSPS) is 40.6. The van der Waals surface area contributed by atoms with Gasteiger partial charge in [-0.15, -0.1) is 0 Å². The molecule has 3 rings (SSSR count). The van der Waals surface area contributed by atoms with Crippen LogP contribution in [0.25, 0.3) is 0 Å². The first kappa shape index (κ1) is 20.2. The first-order valence-electron chi connectivity index (χ1n) is 12.1. The first-order chi connectivity index (χ1) is 12.7. The third-order valence-corrected chi connectivity index (χ3v) is 8.60. The zero-order valence-corrected chi connectivity index (χ0v) is 17.6. The molecular formula is C25H43N. The van der Waals surface area contributed by atoms with Crippen LogP contribution >= 0.6 is 0 Å². The van der Waals surface area contributed by atoms with Gasteiger partial charge in [-0.05, 0) is 87.4 Å². The Morgan fingerprint density at radius 1 is 0.808 bits per heavy atom. The highest BCUT2D eigenvalue weighted by Gasteiger charge is 2.44. The van der Waals surface area contributed by atoms with Gasteiger partial charge in [0.2, 0.25) is 0 Å². The van der Waals surface area contributed by atoms with Crippen molar-refractivity contribution in [3.8, 4) is 6.07 Å². The van der Waals surface area contributed by atoms with Crippen LogP contribution in [-0.2, 0) is 0 Å². The monoisotopic (exact) mass is 357 g/mol. The molecule has 0 saturated heterocycles. The molecule has 0 aromatic rings. The number of hydrogen-bond acceptors (Lipinski definition) is 1. The molecule has 0 amide bonds. The molecule has 148 valence electrons. The van der Waals surface area contributed by atoms with E-state index in [2.05, 4.69) is 19.9 Å². The Balaban J connectivity index is 1.47. The maximum absolute atomic E-state index is 9.85. The maximum atomic E-state index is 9.85. The summed E-state index contributed by atoms with van der Waals surface area (Å²) in [6, 6.07) is 2.78. The number of nitriles is 1. The van der Waals surface area contributed by atoms with Crippen LogP contribution in [0.4, 0.5) is 0 Å². The molecule has 0 aromatic carbocycles. The Kier molecular flexibility index (Phi) is 7.48. The van der Waals surface area contributed by atoms with E-state index in [1.54, 1.807) is 0 Å². The SMILES string of the molecule is CCCCC1CCC(C2CCC3CC(C#N)(CCCC)CCC3C2)CC1. The van der Waals surface area contributed by atoms with E-state index in [-0.39, 0.29) is 5.41 Å². The summed E-state index contributed by atoms with van der Waals surface area (Å²) in [5.41, 5.74) is 0.0430. The van der Waals surface area contributed by atoms with Crippen molar-refractivity contribution >= 4 is 0 Å². The molecule has 26 heavy (non-hydrogen) atoms. The van der Waals surface area contributed by atoms with E-state index in [1.165, 1.54) is 96.3 Å². The minimum absolute atomic E-state index is 0.0430. The molecule has 3 aliphatic rings. The van der Waals surface area contributed by atoms with E-state index in [1.807, 2.05) is 0 Å². The minimum Gasteiger partial charge on any atom is -0.198 e. The van der Waals surface area contributed by atoms with E-state index in [0.717, 1.165) is 36.0 Å². The Labute approximate surface area is 163 Å². The van der Waals surface area contributed by atoms with Crippen molar-refractivity contribution in [2.24, 2.45) is 35.0 Å². The van der Waals surface area contributed by atoms with Crippen LogP contribution in [0.1, 0.15) is 117 Å². The summed E-state index contributed by atoms with van der Waals surface area (Å²) in [5, 5.41) is 9.85. The summed E-state index contributed by atoms with van der Waals surface area (Å²) >= 11 is 0. The predicted octanol–water partition coefficient (Wildman–Crippen LogP) is 7.90. The molecule has 1 heteroatoms. The molecular weight excluding hydrogens is 314 g/mol. The molecule has 3 fully saturated rings. The fourth-order valence-corrected chi connectivity index (χ4v) is 6.82. The summed E-state index contributed by atoms with van der Waals surface area (Å²) in [6.07, 6.45) is 22.2. The van der Waals surface area contributed by atoms with Gasteiger partial charge in [0.15, 0.2) is 0 Å². The largest absolute Gasteiger partial charge is 0.198 e. The summed E-state index contributed by atoms with van der Waals surface area (Å²) in [7, 11) is 0. The number of hydrogen-bond donors (Lipinski definition) is 0. The Morgan fingerprint density at radius 3 is 2.15 bits per heavy atom. The van der Waals surface area contributed by atoms with Crippen molar-refractivity contribution in [2.75, 3.05) is 0 Å². The number of fused-ring (bicyclic) bond motifs is 1. The standard InChI is InChI=1S/C25H43N/c1-3-5-7-20-8-10-21(11-9-20)22-12-13-24-18-25(19-26,15-6-4-2)16-14-23(24)17-22/h20-24H,3-18H2,1-2H3. The quantitative estimate of drug-likeness (QED) is 0.454. The number of rotatable bonds is 7. The van der Waals surface area contributed by atoms with Crippen molar-refractivity contribution in [2.45, 2.75) is 117 Å². The van der Waals surface area contributed by atoms with Crippen molar-refractivity contribution in [3.63, 3.8) is 0 Å². The second-order valence-electron chi connectivity index (χ2n) is 10.3. The Bertz CT molecular complexity index is 455. The molecule has 1 nitrogen and oxygen atoms in total. The van der Waals surface area contributed by atoms with E-state index >= 15 is 0 Å². The van der Waals surface area contributed by atoms with Crippen molar-refractivity contribution in [3.05, 3.63) is 0 Å². The zero-order valence-electron chi connectivity index (χ0n) is 17.6. The lowest BCUT2D eigenvalue weighted by Gasteiger charge is -2.47. The first-order valence-corrected chi connectivity index (χ1v) is 12.1. The zero-order chi connectivity index (χ0) is 18.4.